The lowest BCUT2D eigenvalue weighted by molar-refractivity contribution is 0.318. The van der Waals surface area contributed by atoms with Crippen molar-refractivity contribution in [3.63, 3.8) is 0 Å². The molecule has 0 amide bonds. The summed E-state index contributed by atoms with van der Waals surface area (Å²) in [7, 11) is -3.46. The van der Waals surface area contributed by atoms with Crippen molar-refractivity contribution in [2.24, 2.45) is 5.92 Å². The normalized spacial score (nSPS) is 12.6. The Labute approximate surface area is 129 Å². The molecule has 0 aliphatic rings. The molecule has 0 saturated carbocycles. The van der Waals surface area contributed by atoms with Gasteiger partial charge in [-0.2, -0.15) is 4.31 Å². The summed E-state index contributed by atoms with van der Waals surface area (Å²) in [5, 5.41) is 3.20. The molecule has 5 heteroatoms. The molecular weight excluding hydrogens is 284 g/mol. The third-order valence-corrected chi connectivity index (χ3v) is 5.39. The Bertz CT molecular complexity index is 539. The molecule has 1 aromatic rings. The largest absolute Gasteiger partial charge is 0.313 e. The molecule has 1 N–H and O–H groups in total. The highest BCUT2D eigenvalue weighted by atomic mass is 32.2. The highest BCUT2D eigenvalue weighted by molar-refractivity contribution is 7.89. The summed E-state index contributed by atoms with van der Waals surface area (Å²) in [4.78, 5) is 0.417. The van der Waals surface area contributed by atoms with Crippen LogP contribution >= 0.6 is 0 Å². The molecule has 1 rings (SSSR count). The number of nitrogens with one attached hydrogen (secondary N) is 1. The van der Waals surface area contributed by atoms with Gasteiger partial charge in [-0.1, -0.05) is 39.0 Å². The molecule has 120 valence electrons. The van der Waals surface area contributed by atoms with Crippen LogP contribution in [-0.2, 0) is 16.6 Å². The van der Waals surface area contributed by atoms with Crippen LogP contribution in [0.5, 0.6) is 0 Å². The molecule has 1 aromatic carbocycles. The topological polar surface area (TPSA) is 49.4 Å². The molecule has 0 aliphatic heterocycles. The number of benzene rings is 1. The highest BCUT2D eigenvalue weighted by Gasteiger charge is 2.29. The van der Waals surface area contributed by atoms with Crippen LogP contribution in [0, 0.1) is 5.92 Å². The Hall–Kier alpha value is -0.910. The highest BCUT2D eigenvalue weighted by Crippen LogP contribution is 2.23. The average molecular weight is 312 g/mol. The number of hydrogen-bond donors (Lipinski definition) is 1. The van der Waals surface area contributed by atoms with Crippen molar-refractivity contribution in [3.8, 4) is 0 Å². The van der Waals surface area contributed by atoms with Gasteiger partial charge >= 0.3 is 0 Å². The second-order valence-electron chi connectivity index (χ2n) is 5.95. The van der Waals surface area contributed by atoms with Crippen LogP contribution in [0.3, 0.4) is 0 Å². The van der Waals surface area contributed by atoms with Gasteiger partial charge in [0.15, 0.2) is 0 Å². The molecule has 4 nitrogen and oxygen atoms in total. The monoisotopic (exact) mass is 312 g/mol. The Morgan fingerprint density at radius 2 is 1.76 bits per heavy atom. The maximum Gasteiger partial charge on any atom is 0.243 e. The minimum Gasteiger partial charge on any atom is -0.313 e. The van der Waals surface area contributed by atoms with E-state index < -0.39 is 10.0 Å². The first-order chi connectivity index (χ1) is 9.80. The third kappa shape index (κ3) is 4.80. The van der Waals surface area contributed by atoms with Gasteiger partial charge in [0.25, 0.3) is 0 Å². The summed E-state index contributed by atoms with van der Waals surface area (Å²) in [6.45, 7) is 11.9. The summed E-state index contributed by atoms with van der Waals surface area (Å²) >= 11 is 0. The fourth-order valence-electron chi connectivity index (χ4n) is 2.23. The molecule has 0 heterocycles. The lowest BCUT2D eigenvalue weighted by Gasteiger charge is -2.28. The lowest BCUT2D eigenvalue weighted by atomic mass is 10.2. The zero-order valence-corrected chi connectivity index (χ0v) is 14.6. The summed E-state index contributed by atoms with van der Waals surface area (Å²) in [5.41, 5.74) is 0.828. The van der Waals surface area contributed by atoms with E-state index in [0.29, 0.717) is 23.9 Å². The van der Waals surface area contributed by atoms with Crippen LogP contribution in [0.4, 0.5) is 0 Å². The zero-order chi connectivity index (χ0) is 16.0. The maximum atomic E-state index is 13.0. The first kappa shape index (κ1) is 18.1. The van der Waals surface area contributed by atoms with Gasteiger partial charge in [0, 0.05) is 19.1 Å². The van der Waals surface area contributed by atoms with Crippen molar-refractivity contribution in [1.29, 1.82) is 0 Å². The van der Waals surface area contributed by atoms with Crippen molar-refractivity contribution in [2.75, 3.05) is 13.1 Å². The lowest BCUT2D eigenvalue weighted by Crippen LogP contribution is -2.40. The Kier molecular flexibility index (Phi) is 6.84. The molecule has 0 radical (unpaired) electrons. The second kappa shape index (κ2) is 7.92. The smallest absolute Gasteiger partial charge is 0.243 e. The van der Waals surface area contributed by atoms with Gasteiger partial charge in [-0.15, -0.1) is 0 Å². The summed E-state index contributed by atoms with van der Waals surface area (Å²) < 4.78 is 27.6. The SMILES string of the molecule is CCNCc1ccccc1S(=O)(=O)N(CC(C)C)C(C)C. The molecular formula is C16H28N2O2S. The third-order valence-electron chi connectivity index (χ3n) is 3.25. The van der Waals surface area contributed by atoms with Gasteiger partial charge in [0.05, 0.1) is 4.90 Å². The zero-order valence-electron chi connectivity index (χ0n) is 13.8. The summed E-state index contributed by atoms with van der Waals surface area (Å²) in [5.74, 6) is 0.295. The maximum absolute atomic E-state index is 13.0. The van der Waals surface area contributed by atoms with Gasteiger partial charge in [-0.05, 0) is 37.9 Å². The van der Waals surface area contributed by atoms with Gasteiger partial charge in [0.1, 0.15) is 0 Å². The van der Waals surface area contributed by atoms with E-state index in [-0.39, 0.29) is 6.04 Å². The van der Waals surface area contributed by atoms with E-state index in [1.807, 2.05) is 46.8 Å². The van der Waals surface area contributed by atoms with Crippen molar-refractivity contribution in [1.82, 2.24) is 9.62 Å². The van der Waals surface area contributed by atoms with Gasteiger partial charge in [-0.25, -0.2) is 8.42 Å². The minimum atomic E-state index is -3.46. The van der Waals surface area contributed by atoms with Crippen LogP contribution in [0.2, 0.25) is 0 Å². The molecule has 0 fully saturated rings. The van der Waals surface area contributed by atoms with Crippen LogP contribution in [0.25, 0.3) is 0 Å². The van der Waals surface area contributed by atoms with E-state index in [1.54, 1.807) is 16.4 Å². The minimum absolute atomic E-state index is 0.0513. The summed E-state index contributed by atoms with van der Waals surface area (Å²) in [6, 6.07) is 7.20. The predicted molar refractivity (Wildman–Crippen MR) is 87.7 cm³/mol. The van der Waals surface area contributed by atoms with Crippen molar-refractivity contribution in [3.05, 3.63) is 29.8 Å². The van der Waals surface area contributed by atoms with Gasteiger partial charge in [-0.3, -0.25) is 0 Å². The number of hydrogen-bond acceptors (Lipinski definition) is 3. The van der Waals surface area contributed by atoms with E-state index in [2.05, 4.69) is 5.32 Å². The Morgan fingerprint density at radius 1 is 1.14 bits per heavy atom. The number of rotatable bonds is 8. The van der Waals surface area contributed by atoms with Gasteiger partial charge in [0.2, 0.25) is 10.0 Å². The van der Waals surface area contributed by atoms with Crippen molar-refractivity contribution >= 4 is 10.0 Å². The van der Waals surface area contributed by atoms with E-state index in [1.165, 1.54) is 0 Å². The number of nitrogens with zero attached hydrogens (tertiary/aromatic N) is 1. The van der Waals surface area contributed by atoms with Crippen molar-refractivity contribution in [2.45, 2.75) is 52.1 Å². The molecule has 0 unspecified atom stereocenters. The molecule has 0 atom stereocenters. The molecule has 21 heavy (non-hydrogen) atoms. The Balaban J connectivity index is 3.21. The van der Waals surface area contributed by atoms with Crippen LogP contribution < -0.4 is 5.32 Å². The predicted octanol–water partition coefficient (Wildman–Crippen LogP) is 2.85. The van der Waals surface area contributed by atoms with E-state index in [9.17, 15) is 8.42 Å². The van der Waals surface area contributed by atoms with Crippen LogP contribution in [0.1, 0.15) is 40.2 Å². The van der Waals surface area contributed by atoms with Crippen molar-refractivity contribution < 1.29 is 8.42 Å². The molecule has 0 bridgehead atoms. The van der Waals surface area contributed by atoms with E-state index in [0.717, 1.165) is 12.1 Å². The standard InChI is InChI=1S/C16H28N2O2S/c1-6-17-11-15-9-7-8-10-16(15)21(19,20)18(14(4)5)12-13(2)3/h7-10,13-14,17H,6,11-12H2,1-5H3. The number of sulfonamides is 1. The first-order valence-corrected chi connectivity index (χ1v) is 9.05. The molecule has 0 aromatic heterocycles. The Morgan fingerprint density at radius 3 is 2.29 bits per heavy atom. The molecule has 0 spiro atoms. The van der Waals surface area contributed by atoms with E-state index in [4.69, 9.17) is 0 Å². The van der Waals surface area contributed by atoms with Crippen LogP contribution in [-0.4, -0.2) is 31.9 Å². The molecule has 0 saturated heterocycles. The quantitative estimate of drug-likeness (QED) is 0.803. The van der Waals surface area contributed by atoms with Crippen LogP contribution in [0.15, 0.2) is 29.2 Å². The second-order valence-corrected chi connectivity index (χ2v) is 7.81. The van der Waals surface area contributed by atoms with Gasteiger partial charge < -0.3 is 5.32 Å². The van der Waals surface area contributed by atoms with E-state index >= 15 is 0 Å². The average Bonchev–Trinajstić information content (AvgIpc) is 2.42. The fraction of sp³-hybridized carbons (Fsp3) is 0.625. The summed E-state index contributed by atoms with van der Waals surface area (Å²) in [6.07, 6.45) is 0. The molecule has 0 aliphatic carbocycles. The fourth-order valence-corrected chi connectivity index (χ4v) is 4.26. The first-order valence-electron chi connectivity index (χ1n) is 7.61.